The molecule has 0 amide bonds. The van der Waals surface area contributed by atoms with E-state index in [1.54, 1.807) is 0 Å². The zero-order chi connectivity index (χ0) is 12.7. The molecule has 94 valence electrons. The van der Waals surface area contributed by atoms with Gasteiger partial charge in [0, 0.05) is 18.8 Å². The van der Waals surface area contributed by atoms with Gasteiger partial charge in [0.15, 0.2) is 0 Å². The SMILES string of the molecule is CC(C)CCCCNc1cc([N+](=O)[O-])ccn1. The first-order chi connectivity index (χ1) is 8.09. The van der Waals surface area contributed by atoms with Gasteiger partial charge in [0.25, 0.3) is 5.69 Å². The zero-order valence-corrected chi connectivity index (χ0v) is 10.3. The predicted octanol–water partition coefficient (Wildman–Crippen LogP) is 3.23. The average molecular weight is 237 g/mol. The van der Waals surface area contributed by atoms with Gasteiger partial charge in [0.1, 0.15) is 5.82 Å². The van der Waals surface area contributed by atoms with Gasteiger partial charge in [0.2, 0.25) is 0 Å². The van der Waals surface area contributed by atoms with Gasteiger partial charge in [0.05, 0.1) is 11.0 Å². The summed E-state index contributed by atoms with van der Waals surface area (Å²) in [6.45, 7) is 5.21. The molecule has 1 aromatic heterocycles. The molecule has 1 rings (SSSR count). The molecule has 1 N–H and O–H groups in total. The van der Waals surface area contributed by atoms with E-state index in [0.29, 0.717) is 5.82 Å². The molecule has 0 aromatic carbocycles. The molecule has 0 atom stereocenters. The first-order valence-corrected chi connectivity index (χ1v) is 5.94. The van der Waals surface area contributed by atoms with E-state index in [0.717, 1.165) is 18.9 Å². The summed E-state index contributed by atoms with van der Waals surface area (Å²) in [4.78, 5) is 14.2. The maximum atomic E-state index is 10.6. The van der Waals surface area contributed by atoms with Gasteiger partial charge in [-0.25, -0.2) is 4.98 Å². The van der Waals surface area contributed by atoms with Gasteiger partial charge < -0.3 is 5.32 Å². The summed E-state index contributed by atoms with van der Waals surface area (Å²) >= 11 is 0. The Labute approximate surface area is 101 Å². The molecule has 0 saturated heterocycles. The van der Waals surface area contributed by atoms with E-state index in [1.165, 1.54) is 31.2 Å². The van der Waals surface area contributed by atoms with E-state index in [1.807, 2.05) is 0 Å². The monoisotopic (exact) mass is 237 g/mol. The highest BCUT2D eigenvalue weighted by Gasteiger charge is 2.05. The first kappa shape index (κ1) is 13.4. The molecule has 17 heavy (non-hydrogen) atoms. The zero-order valence-electron chi connectivity index (χ0n) is 10.3. The summed E-state index contributed by atoms with van der Waals surface area (Å²) in [5.41, 5.74) is 0.0738. The third-order valence-corrected chi connectivity index (χ3v) is 2.47. The van der Waals surface area contributed by atoms with Crippen LogP contribution in [0.3, 0.4) is 0 Å². The van der Waals surface area contributed by atoms with Crippen LogP contribution >= 0.6 is 0 Å². The Kier molecular flexibility index (Phi) is 5.39. The van der Waals surface area contributed by atoms with E-state index in [2.05, 4.69) is 24.1 Å². The van der Waals surface area contributed by atoms with E-state index >= 15 is 0 Å². The minimum Gasteiger partial charge on any atom is -0.370 e. The predicted molar refractivity (Wildman–Crippen MR) is 68.1 cm³/mol. The van der Waals surface area contributed by atoms with Crippen molar-refractivity contribution < 1.29 is 4.92 Å². The highest BCUT2D eigenvalue weighted by atomic mass is 16.6. The lowest BCUT2D eigenvalue weighted by atomic mass is 10.1. The fourth-order valence-electron chi connectivity index (χ4n) is 1.52. The Morgan fingerprint density at radius 1 is 1.47 bits per heavy atom. The normalized spacial score (nSPS) is 10.5. The van der Waals surface area contributed by atoms with Gasteiger partial charge in [-0.15, -0.1) is 0 Å². The van der Waals surface area contributed by atoms with Crippen molar-refractivity contribution >= 4 is 11.5 Å². The summed E-state index contributed by atoms with van der Waals surface area (Å²) in [6.07, 6.45) is 4.89. The van der Waals surface area contributed by atoms with E-state index < -0.39 is 4.92 Å². The van der Waals surface area contributed by atoms with Crippen LogP contribution in [0.5, 0.6) is 0 Å². The molecule has 0 saturated carbocycles. The van der Waals surface area contributed by atoms with Crippen LogP contribution in [-0.2, 0) is 0 Å². The second-order valence-electron chi connectivity index (χ2n) is 4.47. The largest absolute Gasteiger partial charge is 0.370 e. The molecule has 0 unspecified atom stereocenters. The van der Waals surface area contributed by atoms with Gasteiger partial charge >= 0.3 is 0 Å². The Bertz CT molecular complexity index is 367. The van der Waals surface area contributed by atoms with Crippen LogP contribution < -0.4 is 5.32 Å². The number of nitrogens with one attached hydrogen (secondary N) is 1. The second-order valence-corrected chi connectivity index (χ2v) is 4.47. The van der Waals surface area contributed by atoms with Crippen molar-refractivity contribution in [3.8, 4) is 0 Å². The highest BCUT2D eigenvalue weighted by molar-refractivity contribution is 5.43. The van der Waals surface area contributed by atoms with Crippen LogP contribution in [0.1, 0.15) is 33.1 Å². The fraction of sp³-hybridized carbons (Fsp3) is 0.583. The van der Waals surface area contributed by atoms with Crippen LogP contribution in [0.2, 0.25) is 0 Å². The maximum Gasteiger partial charge on any atom is 0.274 e. The van der Waals surface area contributed by atoms with Crippen molar-refractivity contribution in [2.75, 3.05) is 11.9 Å². The molecule has 5 nitrogen and oxygen atoms in total. The number of hydrogen-bond acceptors (Lipinski definition) is 4. The number of hydrogen-bond donors (Lipinski definition) is 1. The molecule has 0 aliphatic carbocycles. The number of unbranched alkanes of at least 4 members (excludes halogenated alkanes) is 1. The molecule has 0 fully saturated rings. The van der Waals surface area contributed by atoms with Crippen molar-refractivity contribution in [3.63, 3.8) is 0 Å². The van der Waals surface area contributed by atoms with Gasteiger partial charge in [-0.3, -0.25) is 10.1 Å². The summed E-state index contributed by atoms with van der Waals surface area (Å²) in [6, 6.07) is 2.85. The van der Waals surface area contributed by atoms with Crippen molar-refractivity contribution in [1.29, 1.82) is 0 Å². The molecule has 1 aromatic rings. The summed E-state index contributed by atoms with van der Waals surface area (Å²) < 4.78 is 0. The van der Waals surface area contributed by atoms with Crippen LogP contribution in [0, 0.1) is 16.0 Å². The van der Waals surface area contributed by atoms with Crippen LogP contribution in [0.25, 0.3) is 0 Å². The van der Waals surface area contributed by atoms with Crippen molar-refractivity contribution in [3.05, 3.63) is 28.4 Å². The number of pyridine rings is 1. The van der Waals surface area contributed by atoms with Gasteiger partial charge in [-0.2, -0.15) is 0 Å². The van der Waals surface area contributed by atoms with Gasteiger partial charge in [-0.1, -0.05) is 26.7 Å². The minimum atomic E-state index is -0.411. The number of anilines is 1. The van der Waals surface area contributed by atoms with Gasteiger partial charge in [-0.05, 0) is 12.3 Å². The van der Waals surface area contributed by atoms with Crippen LogP contribution in [-0.4, -0.2) is 16.5 Å². The van der Waals surface area contributed by atoms with Crippen molar-refractivity contribution in [2.45, 2.75) is 33.1 Å². The quantitative estimate of drug-likeness (QED) is 0.449. The Hall–Kier alpha value is -1.65. The average Bonchev–Trinajstić information content (AvgIpc) is 2.28. The second kappa shape index (κ2) is 6.83. The molecule has 0 bridgehead atoms. The molecular formula is C12H19N3O2. The minimum absolute atomic E-state index is 0.0738. The Morgan fingerprint density at radius 2 is 2.24 bits per heavy atom. The number of nitro groups is 1. The molecule has 5 heteroatoms. The number of nitrogens with zero attached hydrogens (tertiary/aromatic N) is 2. The number of aromatic nitrogens is 1. The third-order valence-electron chi connectivity index (χ3n) is 2.47. The van der Waals surface area contributed by atoms with Crippen LogP contribution in [0.15, 0.2) is 18.3 Å². The number of rotatable bonds is 7. The summed E-state index contributed by atoms with van der Waals surface area (Å²) in [5, 5.41) is 13.7. The highest BCUT2D eigenvalue weighted by Crippen LogP contribution is 2.14. The molecule has 0 aliphatic rings. The third kappa shape index (κ3) is 5.29. The van der Waals surface area contributed by atoms with Crippen LogP contribution in [0.4, 0.5) is 11.5 Å². The fourth-order valence-corrected chi connectivity index (χ4v) is 1.52. The first-order valence-electron chi connectivity index (χ1n) is 5.94. The summed E-state index contributed by atoms with van der Waals surface area (Å²) in [5.74, 6) is 1.30. The topological polar surface area (TPSA) is 68.1 Å². The Morgan fingerprint density at radius 3 is 2.88 bits per heavy atom. The lowest BCUT2D eigenvalue weighted by Crippen LogP contribution is -2.04. The lowest BCUT2D eigenvalue weighted by molar-refractivity contribution is -0.384. The standard InChI is InChI=1S/C12H19N3O2/c1-10(2)5-3-4-7-13-12-9-11(15(16)17)6-8-14-12/h6,8-10H,3-5,7H2,1-2H3,(H,13,14). The summed E-state index contributed by atoms with van der Waals surface area (Å²) in [7, 11) is 0. The molecule has 1 heterocycles. The van der Waals surface area contributed by atoms with E-state index in [9.17, 15) is 10.1 Å². The van der Waals surface area contributed by atoms with E-state index in [4.69, 9.17) is 0 Å². The molecule has 0 spiro atoms. The maximum absolute atomic E-state index is 10.6. The van der Waals surface area contributed by atoms with Crippen molar-refractivity contribution in [1.82, 2.24) is 4.98 Å². The van der Waals surface area contributed by atoms with Crippen molar-refractivity contribution in [2.24, 2.45) is 5.92 Å². The lowest BCUT2D eigenvalue weighted by Gasteiger charge is -2.06. The smallest absolute Gasteiger partial charge is 0.274 e. The van der Waals surface area contributed by atoms with E-state index in [-0.39, 0.29) is 5.69 Å². The molecule has 0 radical (unpaired) electrons. The Balaban J connectivity index is 2.31. The molecule has 0 aliphatic heterocycles. The molecular weight excluding hydrogens is 218 g/mol.